The maximum absolute atomic E-state index is 2.42. The van der Waals surface area contributed by atoms with E-state index >= 15 is 0 Å². The van der Waals surface area contributed by atoms with E-state index in [1.54, 1.807) is 5.19 Å². The van der Waals surface area contributed by atoms with Gasteiger partial charge in [-0.15, -0.1) is 0 Å². The van der Waals surface area contributed by atoms with Crippen LogP contribution in [0.2, 0.25) is 19.6 Å². The van der Waals surface area contributed by atoms with E-state index in [0.717, 1.165) is 12.5 Å². The minimum Gasteiger partial charge on any atom is -0.302 e. The summed E-state index contributed by atoms with van der Waals surface area (Å²) in [5, 5.41) is 1.55. The molecule has 0 N–H and O–H groups in total. The highest BCUT2D eigenvalue weighted by Crippen LogP contribution is 2.08. The van der Waals surface area contributed by atoms with Crippen LogP contribution in [-0.2, 0) is 6.54 Å². The van der Waals surface area contributed by atoms with Crippen LogP contribution in [-0.4, -0.2) is 26.6 Å². The van der Waals surface area contributed by atoms with Gasteiger partial charge in [0.1, 0.15) is 0 Å². The second kappa shape index (κ2) is 6.53. The number of nitrogens with zero attached hydrogens (tertiary/aromatic N) is 1. The van der Waals surface area contributed by atoms with Crippen molar-refractivity contribution in [2.24, 2.45) is 5.92 Å². The standard InChI is InChI=1S/C16H29NSi/c1-14(2)11-12-17(3)13-15-7-9-16(10-8-15)18(4,5)6/h7-10,14H,11-13H2,1-6H3. The maximum Gasteiger partial charge on any atom is 0.0775 e. The lowest BCUT2D eigenvalue weighted by atomic mass is 10.1. The Morgan fingerprint density at radius 2 is 1.61 bits per heavy atom. The minimum atomic E-state index is -1.14. The molecule has 0 aliphatic heterocycles. The van der Waals surface area contributed by atoms with Gasteiger partial charge in [-0.2, -0.15) is 0 Å². The number of rotatable bonds is 6. The van der Waals surface area contributed by atoms with Crippen LogP contribution < -0.4 is 5.19 Å². The predicted octanol–water partition coefficient (Wildman–Crippen LogP) is 3.71. The zero-order chi connectivity index (χ0) is 13.8. The van der Waals surface area contributed by atoms with E-state index in [2.05, 4.69) is 69.7 Å². The van der Waals surface area contributed by atoms with Gasteiger partial charge in [-0.05, 0) is 31.5 Å². The molecule has 2 heteroatoms. The summed E-state index contributed by atoms with van der Waals surface area (Å²) in [5.74, 6) is 0.793. The lowest BCUT2D eigenvalue weighted by Gasteiger charge is -2.20. The van der Waals surface area contributed by atoms with E-state index in [9.17, 15) is 0 Å². The average Bonchev–Trinajstić information content (AvgIpc) is 2.26. The van der Waals surface area contributed by atoms with Crippen LogP contribution in [0.5, 0.6) is 0 Å². The van der Waals surface area contributed by atoms with Crippen molar-refractivity contribution >= 4 is 13.3 Å². The summed E-state index contributed by atoms with van der Waals surface area (Å²) in [5.41, 5.74) is 1.43. The highest BCUT2D eigenvalue weighted by atomic mass is 28.3. The van der Waals surface area contributed by atoms with E-state index in [1.807, 2.05) is 0 Å². The van der Waals surface area contributed by atoms with Crippen molar-refractivity contribution in [1.82, 2.24) is 4.90 Å². The summed E-state index contributed by atoms with van der Waals surface area (Å²) in [6.45, 7) is 14.0. The van der Waals surface area contributed by atoms with Crippen molar-refractivity contribution in [1.29, 1.82) is 0 Å². The van der Waals surface area contributed by atoms with Crippen LogP contribution in [0.15, 0.2) is 24.3 Å². The molecule has 0 bridgehead atoms. The molecule has 102 valence electrons. The van der Waals surface area contributed by atoms with Crippen LogP contribution in [0, 0.1) is 5.92 Å². The molecule has 1 aromatic carbocycles. The van der Waals surface area contributed by atoms with Crippen molar-refractivity contribution < 1.29 is 0 Å². The van der Waals surface area contributed by atoms with Gasteiger partial charge >= 0.3 is 0 Å². The first-order valence-corrected chi connectivity index (χ1v) is 10.6. The van der Waals surface area contributed by atoms with E-state index in [4.69, 9.17) is 0 Å². The normalized spacial score (nSPS) is 12.4. The fourth-order valence-electron chi connectivity index (χ4n) is 1.98. The Balaban J connectivity index is 2.53. The molecule has 1 rings (SSSR count). The van der Waals surface area contributed by atoms with Gasteiger partial charge in [-0.3, -0.25) is 0 Å². The highest BCUT2D eigenvalue weighted by molar-refractivity contribution is 6.88. The lowest BCUT2D eigenvalue weighted by molar-refractivity contribution is 0.303. The summed E-state index contributed by atoms with van der Waals surface area (Å²) < 4.78 is 0. The zero-order valence-electron chi connectivity index (χ0n) is 13.0. The van der Waals surface area contributed by atoms with Gasteiger partial charge in [0, 0.05) is 6.54 Å². The molecule has 0 aliphatic carbocycles. The topological polar surface area (TPSA) is 3.24 Å². The summed E-state index contributed by atoms with van der Waals surface area (Å²) in [7, 11) is 1.08. The third-order valence-corrected chi connectivity index (χ3v) is 5.43. The SMILES string of the molecule is CC(C)CCN(C)Cc1ccc([Si](C)(C)C)cc1. The Labute approximate surface area is 114 Å². The van der Waals surface area contributed by atoms with E-state index in [-0.39, 0.29) is 0 Å². The smallest absolute Gasteiger partial charge is 0.0775 e. The van der Waals surface area contributed by atoms with E-state index in [1.165, 1.54) is 18.5 Å². The van der Waals surface area contributed by atoms with Gasteiger partial charge in [0.15, 0.2) is 0 Å². The first-order valence-electron chi connectivity index (χ1n) is 7.07. The van der Waals surface area contributed by atoms with Gasteiger partial charge in [-0.25, -0.2) is 0 Å². The van der Waals surface area contributed by atoms with Gasteiger partial charge in [0.25, 0.3) is 0 Å². The van der Waals surface area contributed by atoms with Crippen molar-refractivity contribution in [2.75, 3.05) is 13.6 Å². The lowest BCUT2D eigenvalue weighted by Crippen LogP contribution is -2.37. The average molecular weight is 264 g/mol. The second-order valence-corrected chi connectivity index (χ2v) is 11.9. The van der Waals surface area contributed by atoms with Crippen LogP contribution in [0.1, 0.15) is 25.8 Å². The van der Waals surface area contributed by atoms with Gasteiger partial charge in [0.2, 0.25) is 0 Å². The van der Waals surface area contributed by atoms with Crippen molar-refractivity contribution in [3.63, 3.8) is 0 Å². The van der Waals surface area contributed by atoms with Crippen LogP contribution >= 0.6 is 0 Å². The van der Waals surface area contributed by atoms with Crippen molar-refractivity contribution in [3.05, 3.63) is 29.8 Å². The number of hydrogen-bond acceptors (Lipinski definition) is 1. The molecule has 0 spiro atoms. The van der Waals surface area contributed by atoms with E-state index < -0.39 is 8.07 Å². The monoisotopic (exact) mass is 263 g/mol. The summed E-state index contributed by atoms with van der Waals surface area (Å²) in [6.07, 6.45) is 1.28. The number of hydrogen-bond donors (Lipinski definition) is 0. The van der Waals surface area contributed by atoms with Crippen molar-refractivity contribution in [2.45, 2.75) is 46.5 Å². The molecule has 0 saturated heterocycles. The fraction of sp³-hybridized carbons (Fsp3) is 0.625. The first-order chi connectivity index (χ1) is 8.29. The third kappa shape index (κ3) is 5.36. The Morgan fingerprint density at radius 1 is 1.06 bits per heavy atom. The molecule has 0 fully saturated rings. The molecular weight excluding hydrogens is 234 g/mol. The molecule has 0 amide bonds. The molecule has 0 saturated carbocycles. The minimum absolute atomic E-state index is 0.793. The first kappa shape index (κ1) is 15.5. The third-order valence-electron chi connectivity index (χ3n) is 3.36. The second-order valence-electron chi connectivity index (χ2n) is 6.87. The summed E-state index contributed by atoms with van der Waals surface area (Å²) in [4.78, 5) is 2.42. The van der Waals surface area contributed by atoms with Crippen LogP contribution in [0.4, 0.5) is 0 Å². The highest BCUT2D eigenvalue weighted by Gasteiger charge is 2.15. The summed E-state index contributed by atoms with van der Waals surface area (Å²) >= 11 is 0. The molecule has 0 aromatic heterocycles. The van der Waals surface area contributed by atoms with E-state index in [0.29, 0.717) is 0 Å². The Bertz CT molecular complexity index is 348. The van der Waals surface area contributed by atoms with Crippen LogP contribution in [0.3, 0.4) is 0 Å². The van der Waals surface area contributed by atoms with Gasteiger partial charge in [0.05, 0.1) is 8.07 Å². The predicted molar refractivity (Wildman–Crippen MR) is 85.2 cm³/mol. The van der Waals surface area contributed by atoms with Crippen molar-refractivity contribution in [3.8, 4) is 0 Å². The Morgan fingerprint density at radius 3 is 2.06 bits per heavy atom. The molecule has 1 aromatic rings. The molecule has 0 radical (unpaired) electrons. The maximum atomic E-state index is 2.42. The Kier molecular flexibility index (Phi) is 5.61. The molecule has 0 atom stereocenters. The largest absolute Gasteiger partial charge is 0.302 e. The molecule has 0 heterocycles. The van der Waals surface area contributed by atoms with Gasteiger partial charge in [-0.1, -0.05) is 62.9 Å². The quantitative estimate of drug-likeness (QED) is 0.707. The molecule has 1 nitrogen and oxygen atoms in total. The van der Waals surface area contributed by atoms with Gasteiger partial charge < -0.3 is 4.90 Å². The molecule has 0 unspecified atom stereocenters. The van der Waals surface area contributed by atoms with Crippen LogP contribution in [0.25, 0.3) is 0 Å². The molecule has 0 aliphatic rings. The molecule has 18 heavy (non-hydrogen) atoms. The fourth-order valence-corrected chi connectivity index (χ4v) is 3.15. The molecular formula is C16H29NSi. The number of benzene rings is 1. The zero-order valence-corrected chi connectivity index (χ0v) is 14.0. The Hall–Kier alpha value is -0.603. The summed E-state index contributed by atoms with van der Waals surface area (Å²) in [6, 6.07) is 9.27.